The molecule has 2 atom stereocenters. The lowest BCUT2D eigenvalue weighted by atomic mass is 9.73. The minimum atomic E-state index is -0.274. The molecule has 132 valence electrons. The first-order valence-electron chi connectivity index (χ1n) is 9.19. The number of hydrogen-bond acceptors (Lipinski definition) is 4. The zero-order valence-electron chi connectivity index (χ0n) is 14.9. The van der Waals surface area contributed by atoms with E-state index in [9.17, 15) is 4.79 Å². The third-order valence-corrected chi connectivity index (χ3v) is 6.17. The van der Waals surface area contributed by atoms with E-state index in [2.05, 4.69) is 30.6 Å². The molecule has 0 aromatic rings. The molecule has 1 amide bonds. The highest BCUT2D eigenvalue weighted by molar-refractivity contribution is 5.82. The van der Waals surface area contributed by atoms with Crippen molar-refractivity contribution in [2.24, 2.45) is 17.3 Å². The van der Waals surface area contributed by atoms with Crippen molar-refractivity contribution < 1.29 is 14.3 Å². The van der Waals surface area contributed by atoms with Gasteiger partial charge >= 0.3 is 0 Å². The number of likely N-dealkylation sites (tertiary alicyclic amines) is 1. The van der Waals surface area contributed by atoms with Crippen LogP contribution in [0.5, 0.6) is 0 Å². The number of hydrogen-bond donors (Lipinski definition) is 0. The number of carbonyl (C=O) groups is 1. The van der Waals surface area contributed by atoms with Crippen LogP contribution in [0, 0.1) is 17.3 Å². The highest BCUT2D eigenvalue weighted by Gasteiger charge is 2.44. The molecule has 0 saturated carbocycles. The van der Waals surface area contributed by atoms with Gasteiger partial charge in [-0.3, -0.25) is 9.69 Å². The van der Waals surface area contributed by atoms with Crippen LogP contribution in [0.1, 0.15) is 33.6 Å². The summed E-state index contributed by atoms with van der Waals surface area (Å²) < 4.78 is 10.9. The number of ether oxygens (including phenoxy) is 2. The van der Waals surface area contributed by atoms with Gasteiger partial charge in [-0.15, -0.1) is 0 Å². The Morgan fingerprint density at radius 2 is 1.61 bits per heavy atom. The Morgan fingerprint density at radius 1 is 1.00 bits per heavy atom. The Balaban J connectivity index is 1.63. The summed E-state index contributed by atoms with van der Waals surface area (Å²) in [5, 5.41) is 0. The van der Waals surface area contributed by atoms with Crippen LogP contribution in [-0.2, 0) is 14.3 Å². The average molecular weight is 324 g/mol. The lowest BCUT2D eigenvalue weighted by molar-refractivity contribution is -0.144. The fraction of sp³-hybridized carbons (Fsp3) is 0.944. The molecule has 5 nitrogen and oxygen atoms in total. The molecular formula is C18H32N2O3. The normalized spacial score (nSPS) is 31.5. The van der Waals surface area contributed by atoms with Gasteiger partial charge in [0.15, 0.2) is 0 Å². The Morgan fingerprint density at radius 3 is 2.26 bits per heavy atom. The molecule has 0 N–H and O–H groups in total. The van der Waals surface area contributed by atoms with Crippen molar-refractivity contribution in [3.05, 3.63) is 0 Å². The standard InChI is InChI=1S/C18H32N2O3/c1-14-12-20(13-16(14)19-6-10-23-11-7-19)17(21)18(2,3)15-4-8-22-9-5-15/h14-16H,4-13H2,1-3H3/t14-,16-/m0/s1. The van der Waals surface area contributed by atoms with Crippen molar-refractivity contribution in [2.75, 3.05) is 52.6 Å². The van der Waals surface area contributed by atoms with Crippen molar-refractivity contribution in [1.82, 2.24) is 9.80 Å². The predicted octanol–water partition coefficient (Wildman–Crippen LogP) is 1.62. The first kappa shape index (κ1) is 17.2. The number of amides is 1. The molecule has 0 aliphatic carbocycles. The van der Waals surface area contributed by atoms with Crippen LogP contribution in [0.25, 0.3) is 0 Å². The van der Waals surface area contributed by atoms with Gasteiger partial charge < -0.3 is 14.4 Å². The van der Waals surface area contributed by atoms with Gasteiger partial charge in [0.2, 0.25) is 5.91 Å². The van der Waals surface area contributed by atoms with E-state index >= 15 is 0 Å². The fourth-order valence-electron chi connectivity index (χ4n) is 4.50. The van der Waals surface area contributed by atoms with Crippen LogP contribution in [0.15, 0.2) is 0 Å². The molecule has 5 heteroatoms. The fourth-order valence-corrected chi connectivity index (χ4v) is 4.50. The van der Waals surface area contributed by atoms with Crippen molar-refractivity contribution in [3.63, 3.8) is 0 Å². The van der Waals surface area contributed by atoms with Crippen molar-refractivity contribution in [1.29, 1.82) is 0 Å². The number of rotatable bonds is 3. The second-order valence-corrected chi connectivity index (χ2v) is 8.01. The summed E-state index contributed by atoms with van der Waals surface area (Å²) in [6, 6.07) is 0.494. The Kier molecular flexibility index (Phi) is 5.29. The molecule has 3 fully saturated rings. The predicted molar refractivity (Wildman–Crippen MR) is 89.2 cm³/mol. The molecule has 0 unspecified atom stereocenters. The van der Waals surface area contributed by atoms with Crippen LogP contribution in [0.2, 0.25) is 0 Å². The number of morpholine rings is 1. The van der Waals surface area contributed by atoms with Gasteiger partial charge in [-0.25, -0.2) is 0 Å². The molecular weight excluding hydrogens is 292 g/mol. The van der Waals surface area contributed by atoms with Gasteiger partial charge in [0.05, 0.1) is 13.2 Å². The summed E-state index contributed by atoms with van der Waals surface area (Å²) in [4.78, 5) is 17.8. The van der Waals surface area contributed by atoms with Crippen LogP contribution in [-0.4, -0.2) is 74.4 Å². The molecule has 0 radical (unpaired) electrons. The third kappa shape index (κ3) is 3.57. The van der Waals surface area contributed by atoms with Gasteiger partial charge in [0.1, 0.15) is 0 Å². The first-order valence-corrected chi connectivity index (χ1v) is 9.19. The molecule has 0 bridgehead atoms. The van der Waals surface area contributed by atoms with E-state index in [1.54, 1.807) is 0 Å². The lowest BCUT2D eigenvalue weighted by Crippen LogP contribution is -2.48. The van der Waals surface area contributed by atoms with Crippen LogP contribution < -0.4 is 0 Å². The SMILES string of the molecule is C[C@H]1CN(C(=O)C(C)(C)C2CCOCC2)C[C@@H]1N1CCOCC1. The van der Waals surface area contributed by atoms with E-state index in [-0.39, 0.29) is 5.41 Å². The minimum absolute atomic E-state index is 0.274. The number of nitrogens with zero attached hydrogens (tertiary/aromatic N) is 2. The average Bonchev–Trinajstić information content (AvgIpc) is 2.97. The quantitative estimate of drug-likeness (QED) is 0.791. The summed E-state index contributed by atoms with van der Waals surface area (Å²) in [6.45, 7) is 13.6. The molecule has 0 aromatic carbocycles. The maximum Gasteiger partial charge on any atom is 0.228 e. The second kappa shape index (κ2) is 7.08. The summed E-state index contributed by atoms with van der Waals surface area (Å²) in [5.74, 6) is 1.33. The maximum atomic E-state index is 13.2. The highest BCUT2D eigenvalue weighted by atomic mass is 16.5. The van der Waals surface area contributed by atoms with E-state index in [1.807, 2.05) is 0 Å². The van der Waals surface area contributed by atoms with Crippen molar-refractivity contribution in [2.45, 2.75) is 39.7 Å². The van der Waals surface area contributed by atoms with E-state index < -0.39 is 0 Å². The van der Waals surface area contributed by atoms with Crippen LogP contribution in [0.4, 0.5) is 0 Å². The molecule has 23 heavy (non-hydrogen) atoms. The summed E-state index contributed by atoms with van der Waals surface area (Å²) in [5.41, 5.74) is -0.274. The first-order chi connectivity index (χ1) is 11.0. The molecule has 3 saturated heterocycles. The monoisotopic (exact) mass is 324 g/mol. The van der Waals surface area contributed by atoms with E-state index in [1.165, 1.54) is 0 Å². The van der Waals surface area contributed by atoms with Gasteiger partial charge in [-0.05, 0) is 24.7 Å². The molecule has 3 heterocycles. The summed E-state index contributed by atoms with van der Waals surface area (Å²) in [6.07, 6.45) is 2.02. The Hall–Kier alpha value is -0.650. The van der Waals surface area contributed by atoms with Gasteiger partial charge in [0.25, 0.3) is 0 Å². The zero-order valence-corrected chi connectivity index (χ0v) is 14.9. The third-order valence-electron chi connectivity index (χ3n) is 6.17. The smallest absolute Gasteiger partial charge is 0.228 e. The Bertz CT molecular complexity index is 414. The molecule has 0 aromatic heterocycles. The van der Waals surface area contributed by atoms with Gasteiger partial charge in [-0.2, -0.15) is 0 Å². The van der Waals surface area contributed by atoms with Crippen molar-refractivity contribution in [3.8, 4) is 0 Å². The largest absolute Gasteiger partial charge is 0.381 e. The van der Waals surface area contributed by atoms with Crippen molar-refractivity contribution >= 4 is 5.91 Å². The number of carbonyl (C=O) groups excluding carboxylic acids is 1. The zero-order chi connectivity index (χ0) is 16.4. The summed E-state index contributed by atoms with van der Waals surface area (Å²) >= 11 is 0. The van der Waals surface area contributed by atoms with Gasteiger partial charge in [-0.1, -0.05) is 20.8 Å². The molecule has 3 rings (SSSR count). The highest BCUT2D eigenvalue weighted by Crippen LogP contribution is 2.37. The topological polar surface area (TPSA) is 42.0 Å². The molecule has 3 aliphatic heterocycles. The van der Waals surface area contributed by atoms with Crippen LogP contribution >= 0.6 is 0 Å². The summed E-state index contributed by atoms with van der Waals surface area (Å²) in [7, 11) is 0. The van der Waals surface area contributed by atoms with Crippen LogP contribution in [0.3, 0.4) is 0 Å². The molecule has 0 spiro atoms. The Labute approximate surface area is 140 Å². The minimum Gasteiger partial charge on any atom is -0.381 e. The lowest BCUT2D eigenvalue weighted by Gasteiger charge is -2.38. The maximum absolute atomic E-state index is 13.2. The van der Waals surface area contributed by atoms with E-state index in [4.69, 9.17) is 9.47 Å². The second-order valence-electron chi connectivity index (χ2n) is 8.01. The van der Waals surface area contributed by atoms with E-state index in [0.717, 1.165) is 65.4 Å². The van der Waals surface area contributed by atoms with E-state index in [0.29, 0.717) is 23.8 Å². The molecule has 3 aliphatic rings. The van der Waals surface area contributed by atoms with Gasteiger partial charge in [0, 0.05) is 50.8 Å².